The molecule has 8 heteroatoms. The van der Waals surface area contributed by atoms with Crippen molar-refractivity contribution in [1.29, 1.82) is 0 Å². The monoisotopic (exact) mass is 407 g/mol. The lowest BCUT2D eigenvalue weighted by molar-refractivity contribution is -0.140. The van der Waals surface area contributed by atoms with E-state index < -0.39 is 23.8 Å². The molecule has 3 rings (SSSR count). The second-order valence-corrected chi connectivity index (χ2v) is 7.92. The summed E-state index contributed by atoms with van der Waals surface area (Å²) in [7, 11) is 0. The standard InChI is InChI=1S/C21H24F3N3O2/c1-20(2)15-25(10-11-27(20)12-16-6-4-3-5-7-16)19(29)14-26-13-17(21(22,23)24)8-9-18(26)28/h3-9,13H,10-12,14-15H2,1-2H3. The maximum atomic E-state index is 12.9. The largest absolute Gasteiger partial charge is 0.417 e. The van der Waals surface area contributed by atoms with E-state index in [1.54, 1.807) is 4.90 Å². The fourth-order valence-corrected chi connectivity index (χ4v) is 3.57. The minimum absolute atomic E-state index is 0.303. The highest BCUT2D eigenvalue weighted by molar-refractivity contribution is 5.76. The van der Waals surface area contributed by atoms with Crippen molar-refractivity contribution in [3.05, 3.63) is 70.1 Å². The Hall–Kier alpha value is -2.61. The van der Waals surface area contributed by atoms with Crippen LogP contribution in [0.4, 0.5) is 13.2 Å². The zero-order valence-corrected chi connectivity index (χ0v) is 16.4. The van der Waals surface area contributed by atoms with Crippen molar-refractivity contribution in [2.75, 3.05) is 19.6 Å². The highest BCUT2D eigenvalue weighted by atomic mass is 19.4. The number of amides is 1. The first kappa shape index (κ1) is 21.1. The molecule has 0 saturated carbocycles. The molecular weight excluding hydrogens is 383 g/mol. The van der Waals surface area contributed by atoms with Crippen molar-refractivity contribution >= 4 is 5.91 Å². The predicted molar refractivity (Wildman–Crippen MR) is 103 cm³/mol. The number of benzene rings is 1. The molecule has 29 heavy (non-hydrogen) atoms. The quantitative estimate of drug-likeness (QED) is 0.783. The van der Waals surface area contributed by atoms with Crippen LogP contribution in [0, 0.1) is 0 Å². The lowest BCUT2D eigenvalue weighted by Gasteiger charge is -2.47. The molecule has 0 radical (unpaired) electrons. The maximum absolute atomic E-state index is 12.9. The van der Waals surface area contributed by atoms with Gasteiger partial charge in [0.25, 0.3) is 5.56 Å². The van der Waals surface area contributed by atoms with Gasteiger partial charge in [0.2, 0.25) is 5.91 Å². The van der Waals surface area contributed by atoms with Gasteiger partial charge in [-0.15, -0.1) is 0 Å². The second kappa shape index (κ2) is 8.02. The first-order chi connectivity index (χ1) is 13.6. The van der Waals surface area contributed by atoms with Crippen molar-refractivity contribution in [3.63, 3.8) is 0 Å². The van der Waals surface area contributed by atoms with E-state index in [0.29, 0.717) is 25.8 Å². The minimum atomic E-state index is -4.57. The van der Waals surface area contributed by atoms with Gasteiger partial charge >= 0.3 is 6.18 Å². The summed E-state index contributed by atoms with van der Waals surface area (Å²) in [6.07, 6.45) is -3.86. The van der Waals surface area contributed by atoms with Gasteiger partial charge in [-0.3, -0.25) is 14.5 Å². The summed E-state index contributed by atoms with van der Waals surface area (Å²) in [5, 5.41) is 0. The molecule has 1 aliphatic heterocycles. The van der Waals surface area contributed by atoms with Crippen molar-refractivity contribution < 1.29 is 18.0 Å². The molecule has 1 saturated heterocycles. The van der Waals surface area contributed by atoms with E-state index in [4.69, 9.17) is 0 Å². The Morgan fingerprint density at radius 1 is 1.07 bits per heavy atom. The molecule has 1 aromatic carbocycles. The number of carbonyl (C=O) groups excluding carboxylic acids is 1. The Morgan fingerprint density at radius 3 is 2.38 bits per heavy atom. The summed E-state index contributed by atoms with van der Waals surface area (Å²) in [6, 6.07) is 11.6. The third-order valence-corrected chi connectivity index (χ3v) is 5.26. The lowest BCUT2D eigenvalue weighted by Crippen LogP contribution is -2.60. The molecule has 1 amide bonds. The zero-order valence-electron chi connectivity index (χ0n) is 16.4. The van der Waals surface area contributed by atoms with Crippen molar-refractivity contribution in [3.8, 4) is 0 Å². The van der Waals surface area contributed by atoms with Gasteiger partial charge in [-0.1, -0.05) is 30.3 Å². The van der Waals surface area contributed by atoms with Gasteiger partial charge in [0, 0.05) is 44.0 Å². The van der Waals surface area contributed by atoms with Crippen LogP contribution in [0.5, 0.6) is 0 Å². The predicted octanol–water partition coefficient (Wildman–Crippen LogP) is 2.99. The van der Waals surface area contributed by atoms with Gasteiger partial charge in [-0.05, 0) is 25.5 Å². The minimum Gasteiger partial charge on any atom is -0.338 e. The fraction of sp³-hybridized carbons (Fsp3) is 0.429. The van der Waals surface area contributed by atoms with Crippen LogP contribution in [-0.4, -0.2) is 45.4 Å². The van der Waals surface area contributed by atoms with Crippen LogP contribution >= 0.6 is 0 Å². The number of alkyl halides is 3. The van der Waals surface area contributed by atoms with Gasteiger partial charge in [-0.25, -0.2) is 0 Å². The summed E-state index contributed by atoms with van der Waals surface area (Å²) < 4.78 is 39.5. The van der Waals surface area contributed by atoms with Crippen LogP contribution in [-0.2, 0) is 24.1 Å². The van der Waals surface area contributed by atoms with E-state index in [2.05, 4.69) is 4.90 Å². The first-order valence-corrected chi connectivity index (χ1v) is 9.41. The van der Waals surface area contributed by atoms with Crippen LogP contribution in [0.1, 0.15) is 25.0 Å². The van der Waals surface area contributed by atoms with Crippen LogP contribution < -0.4 is 5.56 Å². The fourth-order valence-electron chi connectivity index (χ4n) is 3.57. The number of hydrogen-bond acceptors (Lipinski definition) is 3. The molecule has 5 nitrogen and oxygen atoms in total. The smallest absolute Gasteiger partial charge is 0.338 e. The third-order valence-electron chi connectivity index (χ3n) is 5.26. The number of hydrogen-bond donors (Lipinski definition) is 0. The number of piperazine rings is 1. The third kappa shape index (κ3) is 5.06. The van der Waals surface area contributed by atoms with Gasteiger partial charge in [0.05, 0.1) is 5.56 Å². The first-order valence-electron chi connectivity index (χ1n) is 9.41. The molecule has 2 heterocycles. The Bertz CT molecular complexity index is 923. The summed E-state index contributed by atoms with van der Waals surface area (Å²) in [5.74, 6) is -0.362. The molecule has 0 N–H and O–H groups in total. The zero-order chi connectivity index (χ0) is 21.2. The highest BCUT2D eigenvalue weighted by Gasteiger charge is 2.36. The van der Waals surface area contributed by atoms with Crippen LogP contribution in [0.25, 0.3) is 0 Å². The molecule has 2 aromatic rings. The molecule has 156 valence electrons. The van der Waals surface area contributed by atoms with Gasteiger partial charge < -0.3 is 9.47 Å². The number of pyridine rings is 1. The van der Waals surface area contributed by atoms with E-state index in [1.165, 1.54) is 5.56 Å². The highest BCUT2D eigenvalue weighted by Crippen LogP contribution is 2.28. The number of carbonyl (C=O) groups is 1. The van der Waals surface area contributed by atoms with Gasteiger partial charge in [-0.2, -0.15) is 13.2 Å². The van der Waals surface area contributed by atoms with Crippen LogP contribution in [0.15, 0.2) is 53.5 Å². The van der Waals surface area contributed by atoms with Gasteiger partial charge in [0.1, 0.15) is 6.54 Å². The van der Waals surface area contributed by atoms with Gasteiger partial charge in [0.15, 0.2) is 0 Å². The average Bonchev–Trinajstić information content (AvgIpc) is 2.64. The molecule has 0 unspecified atom stereocenters. The van der Waals surface area contributed by atoms with Crippen molar-refractivity contribution in [2.24, 2.45) is 0 Å². The molecular formula is C21H24F3N3O2. The average molecular weight is 407 g/mol. The van der Waals surface area contributed by atoms with E-state index >= 15 is 0 Å². The molecule has 1 aromatic heterocycles. The van der Waals surface area contributed by atoms with Crippen molar-refractivity contribution in [2.45, 2.75) is 38.7 Å². The van der Waals surface area contributed by atoms with E-state index in [9.17, 15) is 22.8 Å². The molecule has 0 aliphatic carbocycles. The van der Waals surface area contributed by atoms with E-state index in [0.717, 1.165) is 23.2 Å². The Morgan fingerprint density at radius 2 is 1.76 bits per heavy atom. The summed E-state index contributed by atoms with van der Waals surface area (Å²) in [6.45, 7) is 5.96. The molecule has 0 spiro atoms. The van der Waals surface area contributed by atoms with E-state index in [1.807, 2.05) is 44.2 Å². The Balaban J connectivity index is 1.68. The summed E-state index contributed by atoms with van der Waals surface area (Å²) in [4.78, 5) is 28.5. The van der Waals surface area contributed by atoms with Crippen LogP contribution in [0.2, 0.25) is 0 Å². The molecule has 1 fully saturated rings. The second-order valence-electron chi connectivity index (χ2n) is 7.92. The molecule has 0 atom stereocenters. The summed E-state index contributed by atoms with van der Waals surface area (Å²) in [5.41, 5.74) is -0.704. The number of aromatic nitrogens is 1. The van der Waals surface area contributed by atoms with Crippen LogP contribution in [0.3, 0.4) is 0 Å². The normalized spacial score (nSPS) is 17.3. The molecule has 1 aliphatic rings. The Labute approximate surface area is 167 Å². The lowest BCUT2D eigenvalue weighted by atomic mass is 9.97. The molecule has 0 bridgehead atoms. The number of halogens is 3. The topological polar surface area (TPSA) is 45.6 Å². The number of nitrogens with zero attached hydrogens (tertiary/aromatic N) is 3. The van der Waals surface area contributed by atoms with Crippen molar-refractivity contribution in [1.82, 2.24) is 14.4 Å². The Kier molecular flexibility index (Phi) is 5.84. The maximum Gasteiger partial charge on any atom is 0.417 e. The number of rotatable bonds is 4. The summed E-state index contributed by atoms with van der Waals surface area (Å²) >= 11 is 0. The van der Waals surface area contributed by atoms with E-state index in [-0.39, 0.29) is 11.4 Å². The SMILES string of the molecule is CC1(C)CN(C(=O)Cn2cc(C(F)(F)F)ccc2=O)CCN1Cc1ccccc1.